The van der Waals surface area contributed by atoms with Gasteiger partial charge in [0.05, 0.1) is 40.1 Å². The number of aromatic amines is 1. The van der Waals surface area contributed by atoms with Crippen LogP contribution >= 0.6 is 0 Å². The molecule has 0 aliphatic carbocycles. The summed E-state index contributed by atoms with van der Waals surface area (Å²) in [7, 11) is -3.65. The lowest BCUT2D eigenvalue weighted by molar-refractivity contribution is -0.243. The van der Waals surface area contributed by atoms with Crippen LogP contribution in [0.15, 0.2) is 29.4 Å². The van der Waals surface area contributed by atoms with Gasteiger partial charge >= 0.3 is 0 Å². The molecule has 2 saturated heterocycles. The SMILES string of the molecule is C[C@@]1(O)CCOC2(CCN(S(=O)(=O)c3ccc4nc[nH]c4c3)CC2)[C@H]1O. The third-order valence-electron chi connectivity index (χ3n) is 5.68. The molecule has 3 heterocycles. The Labute approximate surface area is 151 Å². The highest BCUT2D eigenvalue weighted by Gasteiger charge is 2.53. The maximum absolute atomic E-state index is 13.0. The van der Waals surface area contributed by atoms with Gasteiger partial charge in [-0.3, -0.25) is 0 Å². The summed E-state index contributed by atoms with van der Waals surface area (Å²) in [5, 5.41) is 20.9. The third kappa shape index (κ3) is 2.74. The molecule has 142 valence electrons. The van der Waals surface area contributed by atoms with Crippen LogP contribution in [-0.4, -0.2) is 69.9 Å². The molecule has 8 nitrogen and oxygen atoms in total. The number of imidazole rings is 1. The molecule has 0 saturated carbocycles. The highest BCUT2D eigenvalue weighted by Crippen LogP contribution is 2.40. The number of hydrogen-bond donors (Lipinski definition) is 3. The predicted molar refractivity (Wildman–Crippen MR) is 94.0 cm³/mol. The number of H-pyrrole nitrogens is 1. The number of aliphatic hydroxyl groups is 2. The normalized spacial score (nSPS) is 30.0. The van der Waals surface area contributed by atoms with Crippen molar-refractivity contribution >= 4 is 21.1 Å². The van der Waals surface area contributed by atoms with Crippen LogP contribution < -0.4 is 0 Å². The van der Waals surface area contributed by atoms with Crippen molar-refractivity contribution in [1.82, 2.24) is 14.3 Å². The number of benzene rings is 1. The fraction of sp³-hybridized carbons (Fsp3) is 0.588. The second kappa shape index (κ2) is 6.00. The molecule has 3 N–H and O–H groups in total. The van der Waals surface area contributed by atoms with E-state index in [0.29, 0.717) is 36.9 Å². The summed E-state index contributed by atoms with van der Waals surface area (Å²) in [6.07, 6.45) is 1.54. The fourth-order valence-corrected chi connectivity index (χ4v) is 5.46. The number of sulfonamides is 1. The number of hydrogen-bond acceptors (Lipinski definition) is 6. The molecule has 1 spiro atoms. The van der Waals surface area contributed by atoms with Gasteiger partial charge in [0.1, 0.15) is 6.10 Å². The van der Waals surface area contributed by atoms with Gasteiger partial charge < -0.3 is 19.9 Å². The first-order valence-corrected chi connectivity index (χ1v) is 10.2. The van der Waals surface area contributed by atoms with Crippen molar-refractivity contribution in [3.63, 3.8) is 0 Å². The molecular formula is C17H23N3O5S. The summed E-state index contributed by atoms with van der Waals surface area (Å²) >= 11 is 0. The molecule has 2 atom stereocenters. The van der Waals surface area contributed by atoms with Gasteiger partial charge in [0.25, 0.3) is 0 Å². The second-order valence-electron chi connectivity index (χ2n) is 7.41. The van der Waals surface area contributed by atoms with Crippen LogP contribution in [0.4, 0.5) is 0 Å². The zero-order valence-corrected chi connectivity index (χ0v) is 15.4. The lowest BCUT2D eigenvalue weighted by Gasteiger charge is -2.51. The summed E-state index contributed by atoms with van der Waals surface area (Å²) in [6, 6.07) is 4.81. The standard InChI is InChI=1S/C17H23N3O5S/c1-16(22)6-9-25-17(15(16)21)4-7-20(8-5-17)26(23,24)12-2-3-13-14(10-12)19-11-18-13/h2-3,10-11,15,21-22H,4-9H2,1H3,(H,18,19)/t15-,16+/m0/s1. The number of rotatable bonds is 2. The minimum atomic E-state index is -3.65. The third-order valence-corrected chi connectivity index (χ3v) is 7.58. The Kier molecular flexibility index (Phi) is 4.12. The summed E-state index contributed by atoms with van der Waals surface area (Å²) < 4.78 is 33.2. The summed E-state index contributed by atoms with van der Waals surface area (Å²) in [5.41, 5.74) is -0.726. The molecule has 2 aliphatic rings. The van der Waals surface area contributed by atoms with Crippen LogP contribution in [0.3, 0.4) is 0 Å². The van der Waals surface area contributed by atoms with E-state index in [1.54, 1.807) is 25.1 Å². The van der Waals surface area contributed by atoms with Crippen LogP contribution in [0.1, 0.15) is 26.2 Å². The summed E-state index contributed by atoms with van der Waals surface area (Å²) in [4.78, 5) is 7.23. The molecule has 0 radical (unpaired) electrons. The molecule has 0 unspecified atom stereocenters. The molecule has 2 aromatic rings. The first-order chi connectivity index (χ1) is 12.2. The van der Waals surface area contributed by atoms with Crippen molar-refractivity contribution in [1.29, 1.82) is 0 Å². The number of aromatic nitrogens is 2. The Bertz CT molecular complexity index is 915. The van der Waals surface area contributed by atoms with Gasteiger partial charge in [-0.15, -0.1) is 0 Å². The van der Waals surface area contributed by atoms with Crippen LogP contribution in [0.5, 0.6) is 0 Å². The van der Waals surface area contributed by atoms with Gasteiger partial charge in [-0.05, 0) is 38.0 Å². The molecule has 1 aromatic carbocycles. The van der Waals surface area contributed by atoms with E-state index in [-0.39, 0.29) is 18.0 Å². The molecule has 2 fully saturated rings. The average Bonchev–Trinajstić information content (AvgIpc) is 3.08. The molecule has 2 aliphatic heterocycles. The van der Waals surface area contributed by atoms with Crippen molar-refractivity contribution in [2.45, 2.75) is 48.4 Å². The van der Waals surface area contributed by atoms with Crippen LogP contribution in [-0.2, 0) is 14.8 Å². The van der Waals surface area contributed by atoms with Crippen LogP contribution in [0.2, 0.25) is 0 Å². The first-order valence-electron chi connectivity index (χ1n) is 8.72. The predicted octanol–water partition coefficient (Wildman–Crippen LogP) is 0.618. The van der Waals surface area contributed by atoms with Crippen molar-refractivity contribution in [3.8, 4) is 0 Å². The van der Waals surface area contributed by atoms with Crippen molar-refractivity contribution in [2.75, 3.05) is 19.7 Å². The van der Waals surface area contributed by atoms with Crippen molar-refractivity contribution in [3.05, 3.63) is 24.5 Å². The zero-order valence-electron chi connectivity index (χ0n) is 14.6. The van der Waals surface area contributed by atoms with E-state index >= 15 is 0 Å². The highest BCUT2D eigenvalue weighted by molar-refractivity contribution is 7.89. The molecule has 26 heavy (non-hydrogen) atoms. The topological polar surface area (TPSA) is 116 Å². The number of aliphatic hydroxyl groups excluding tert-OH is 1. The van der Waals surface area contributed by atoms with E-state index in [1.807, 2.05) is 0 Å². The molecule has 9 heteroatoms. The van der Waals surface area contributed by atoms with E-state index in [1.165, 1.54) is 10.6 Å². The van der Waals surface area contributed by atoms with E-state index in [2.05, 4.69) is 9.97 Å². The van der Waals surface area contributed by atoms with E-state index in [0.717, 1.165) is 0 Å². The largest absolute Gasteiger partial charge is 0.387 e. The summed E-state index contributed by atoms with van der Waals surface area (Å²) in [5.74, 6) is 0. The van der Waals surface area contributed by atoms with Crippen LogP contribution in [0.25, 0.3) is 11.0 Å². The molecule has 0 bridgehead atoms. The number of nitrogens with one attached hydrogen (secondary N) is 1. The quantitative estimate of drug-likeness (QED) is 0.702. The Morgan fingerprint density at radius 2 is 2.04 bits per heavy atom. The number of nitrogens with zero attached hydrogens (tertiary/aromatic N) is 2. The minimum Gasteiger partial charge on any atom is -0.387 e. The second-order valence-corrected chi connectivity index (χ2v) is 9.35. The van der Waals surface area contributed by atoms with Crippen molar-refractivity contribution < 1.29 is 23.4 Å². The van der Waals surface area contributed by atoms with Gasteiger partial charge in [-0.2, -0.15) is 4.31 Å². The average molecular weight is 381 g/mol. The minimum absolute atomic E-state index is 0.210. The molecule has 0 amide bonds. The number of fused-ring (bicyclic) bond motifs is 1. The van der Waals surface area contributed by atoms with Gasteiger partial charge in [0.2, 0.25) is 10.0 Å². The van der Waals surface area contributed by atoms with E-state index in [4.69, 9.17) is 4.74 Å². The molecular weight excluding hydrogens is 358 g/mol. The Balaban J connectivity index is 1.55. The molecule has 1 aromatic heterocycles. The monoisotopic (exact) mass is 381 g/mol. The first kappa shape index (κ1) is 17.9. The van der Waals surface area contributed by atoms with E-state index < -0.39 is 27.3 Å². The zero-order chi connectivity index (χ0) is 18.6. The van der Waals surface area contributed by atoms with E-state index in [9.17, 15) is 18.6 Å². The Morgan fingerprint density at radius 3 is 2.77 bits per heavy atom. The lowest BCUT2D eigenvalue weighted by atomic mass is 9.75. The number of ether oxygens (including phenoxy) is 1. The Morgan fingerprint density at radius 1 is 1.31 bits per heavy atom. The van der Waals surface area contributed by atoms with Crippen molar-refractivity contribution in [2.24, 2.45) is 0 Å². The van der Waals surface area contributed by atoms with Gasteiger partial charge in [-0.1, -0.05) is 0 Å². The Hall–Kier alpha value is -1.52. The van der Waals surface area contributed by atoms with Gasteiger partial charge in [-0.25, -0.2) is 13.4 Å². The lowest BCUT2D eigenvalue weighted by Crippen LogP contribution is -2.64. The maximum Gasteiger partial charge on any atom is 0.243 e. The summed E-state index contributed by atoms with van der Waals surface area (Å²) in [6.45, 7) is 2.42. The van der Waals surface area contributed by atoms with Gasteiger partial charge in [0.15, 0.2) is 0 Å². The highest BCUT2D eigenvalue weighted by atomic mass is 32.2. The van der Waals surface area contributed by atoms with Crippen LogP contribution in [0, 0.1) is 0 Å². The maximum atomic E-state index is 13.0. The number of piperidine rings is 1. The fourth-order valence-electron chi connectivity index (χ4n) is 3.99. The van der Waals surface area contributed by atoms with Gasteiger partial charge in [0, 0.05) is 19.5 Å². The molecule has 4 rings (SSSR count). The smallest absolute Gasteiger partial charge is 0.243 e.